The fraction of sp³-hybridized carbons (Fsp3) is 0.583. The minimum Gasteiger partial charge on any atom is -0.475 e. The van der Waals surface area contributed by atoms with Gasteiger partial charge in [0.1, 0.15) is 18.8 Å². The SMILES string of the molecule is C[C@@H](NC(=O)c1ncc2c(n1)N(C(=O)Nc1nccc(OC[C@H]3COC(C)(C)O3)n1)C1CCCN2C1)C(F)(F)F. The van der Waals surface area contributed by atoms with Gasteiger partial charge in [0, 0.05) is 25.4 Å². The second kappa shape index (κ2) is 10.6. The molecule has 3 amide bonds. The summed E-state index contributed by atoms with van der Waals surface area (Å²) in [5, 5.41) is 4.49. The molecule has 1 unspecified atom stereocenters. The van der Waals surface area contributed by atoms with Gasteiger partial charge in [0.05, 0.1) is 24.5 Å². The molecule has 0 spiro atoms. The number of alkyl halides is 3. The number of fused-ring (bicyclic) bond motifs is 4. The van der Waals surface area contributed by atoms with Gasteiger partial charge < -0.3 is 24.4 Å². The van der Waals surface area contributed by atoms with Gasteiger partial charge in [-0.15, -0.1) is 0 Å². The van der Waals surface area contributed by atoms with Gasteiger partial charge in [-0.1, -0.05) is 0 Å². The highest BCUT2D eigenvalue weighted by molar-refractivity contribution is 6.04. The summed E-state index contributed by atoms with van der Waals surface area (Å²) in [5.41, 5.74) is 0.492. The fourth-order valence-electron chi connectivity index (χ4n) is 4.70. The standard InChI is InChI=1S/C24H29F3N8O5/c1-13(24(25,26)27)30-20(36)18-29-9-16-19(32-18)35(14-5-4-8-34(16)10-14)22(37)33-21-28-7-6-17(31-21)38-11-15-12-39-23(2,3)40-15/h6-7,9,13-15H,4-5,8,10-12H2,1-3H3,(H,30,36)(H,28,31,33,37)/t13-,14?,15+/m1/s1. The Bertz CT molecular complexity index is 1280. The van der Waals surface area contributed by atoms with Crippen LogP contribution in [0, 0.1) is 0 Å². The summed E-state index contributed by atoms with van der Waals surface area (Å²) in [5.74, 6) is -1.99. The van der Waals surface area contributed by atoms with E-state index in [1.165, 1.54) is 23.4 Å². The van der Waals surface area contributed by atoms with Crippen molar-refractivity contribution in [2.45, 2.75) is 63.8 Å². The van der Waals surface area contributed by atoms with Crippen LogP contribution >= 0.6 is 0 Å². The number of nitrogens with zero attached hydrogens (tertiary/aromatic N) is 6. The van der Waals surface area contributed by atoms with Crippen LogP contribution in [-0.4, -0.2) is 88.3 Å². The number of carbonyl (C=O) groups excluding carboxylic acids is 2. The number of halogens is 3. The van der Waals surface area contributed by atoms with E-state index in [-0.39, 0.29) is 36.4 Å². The molecule has 216 valence electrons. The number of urea groups is 1. The molecule has 0 aliphatic carbocycles. The van der Waals surface area contributed by atoms with Crippen LogP contribution in [0.3, 0.4) is 0 Å². The van der Waals surface area contributed by atoms with E-state index in [0.29, 0.717) is 31.8 Å². The number of hydrogen-bond acceptors (Lipinski definition) is 10. The zero-order valence-corrected chi connectivity index (χ0v) is 22.1. The molecule has 0 saturated carbocycles. The molecule has 2 N–H and O–H groups in total. The maximum atomic E-state index is 13.5. The molecule has 3 aliphatic rings. The average molecular weight is 567 g/mol. The molecule has 2 fully saturated rings. The molecule has 5 heterocycles. The third-order valence-corrected chi connectivity index (χ3v) is 6.67. The number of rotatable bonds is 6. The molecular formula is C24H29F3N8O5. The summed E-state index contributed by atoms with van der Waals surface area (Å²) in [6.07, 6.45) is -0.699. The van der Waals surface area contributed by atoms with Crippen LogP contribution in [0.4, 0.5) is 35.4 Å². The number of hydrogen-bond donors (Lipinski definition) is 2. The van der Waals surface area contributed by atoms with Crippen LogP contribution in [0.15, 0.2) is 18.5 Å². The highest BCUT2D eigenvalue weighted by atomic mass is 19.4. The van der Waals surface area contributed by atoms with Gasteiger partial charge in [0.15, 0.2) is 11.6 Å². The molecule has 2 saturated heterocycles. The lowest BCUT2D eigenvalue weighted by atomic mass is 10.0. The van der Waals surface area contributed by atoms with Gasteiger partial charge in [-0.05, 0) is 33.6 Å². The monoisotopic (exact) mass is 566 g/mol. The van der Waals surface area contributed by atoms with Crippen LogP contribution in [0.25, 0.3) is 0 Å². The first-order valence-electron chi connectivity index (χ1n) is 12.8. The first kappa shape index (κ1) is 27.8. The number of carbonyl (C=O) groups is 2. The Balaban J connectivity index is 1.33. The number of ether oxygens (including phenoxy) is 3. The maximum absolute atomic E-state index is 13.5. The summed E-state index contributed by atoms with van der Waals surface area (Å²) in [6, 6.07) is -1.49. The lowest BCUT2D eigenvalue weighted by Crippen LogP contribution is -2.56. The number of piperidine rings is 1. The van der Waals surface area contributed by atoms with Crippen molar-refractivity contribution in [2.75, 3.05) is 41.4 Å². The predicted octanol–water partition coefficient (Wildman–Crippen LogP) is 2.50. The molecule has 40 heavy (non-hydrogen) atoms. The van der Waals surface area contributed by atoms with E-state index in [1.807, 2.05) is 10.2 Å². The fourth-order valence-corrected chi connectivity index (χ4v) is 4.70. The van der Waals surface area contributed by atoms with Gasteiger partial charge in [-0.2, -0.15) is 18.2 Å². The molecular weight excluding hydrogens is 537 g/mol. The van der Waals surface area contributed by atoms with Gasteiger partial charge in [0.2, 0.25) is 17.7 Å². The number of aromatic nitrogens is 4. The number of nitrogens with one attached hydrogen (secondary N) is 2. The van der Waals surface area contributed by atoms with E-state index in [4.69, 9.17) is 14.2 Å². The van der Waals surface area contributed by atoms with Gasteiger partial charge in [-0.25, -0.2) is 19.7 Å². The molecule has 3 atom stereocenters. The molecule has 16 heteroatoms. The molecule has 3 aliphatic heterocycles. The minimum atomic E-state index is -4.63. The number of amides is 3. The summed E-state index contributed by atoms with van der Waals surface area (Å²) in [7, 11) is 0. The predicted molar refractivity (Wildman–Crippen MR) is 134 cm³/mol. The van der Waals surface area contributed by atoms with Crippen molar-refractivity contribution < 1.29 is 37.0 Å². The quantitative estimate of drug-likeness (QED) is 0.535. The largest absolute Gasteiger partial charge is 0.475 e. The van der Waals surface area contributed by atoms with Crippen molar-refractivity contribution in [3.63, 3.8) is 0 Å². The van der Waals surface area contributed by atoms with Crippen molar-refractivity contribution in [2.24, 2.45) is 0 Å². The Labute approximate surface area is 227 Å². The van der Waals surface area contributed by atoms with Gasteiger partial charge >= 0.3 is 12.2 Å². The molecule has 2 bridgehead atoms. The van der Waals surface area contributed by atoms with E-state index in [0.717, 1.165) is 13.3 Å². The Morgan fingerprint density at radius 3 is 2.80 bits per heavy atom. The van der Waals surface area contributed by atoms with Crippen LogP contribution in [0.2, 0.25) is 0 Å². The molecule has 2 aromatic rings. The maximum Gasteiger partial charge on any atom is 0.408 e. The highest BCUT2D eigenvalue weighted by Gasteiger charge is 2.41. The average Bonchev–Trinajstić information content (AvgIpc) is 3.25. The van der Waals surface area contributed by atoms with E-state index in [9.17, 15) is 22.8 Å². The van der Waals surface area contributed by atoms with Gasteiger partial charge in [0.25, 0.3) is 5.91 Å². The third-order valence-electron chi connectivity index (χ3n) is 6.67. The normalized spacial score (nSPS) is 22.4. The minimum absolute atomic E-state index is 0.0303. The molecule has 0 aromatic carbocycles. The van der Waals surface area contributed by atoms with Crippen LogP contribution < -0.4 is 25.2 Å². The molecule has 2 aromatic heterocycles. The smallest absolute Gasteiger partial charge is 0.408 e. The Kier molecular flexibility index (Phi) is 7.39. The van der Waals surface area contributed by atoms with Crippen LogP contribution in [0.1, 0.15) is 44.2 Å². The lowest BCUT2D eigenvalue weighted by Gasteiger charge is -2.45. The lowest BCUT2D eigenvalue weighted by molar-refractivity contribution is -0.149. The van der Waals surface area contributed by atoms with Gasteiger partial charge in [-0.3, -0.25) is 15.0 Å². The van der Waals surface area contributed by atoms with Crippen molar-refractivity contribution >= 4 is 29.4 Å². The van der Waals surface area contributed by atoms with E-state index in [2.05, 4.69) is 25.3 Å². The zero-order valence-electron chi connectivity index (χ0n) is 22.1. The second-order valence-corrected chi connectivity index (χ2v) is 10.2. The first-order valence-corrected chi connectivity index (χ1v) is 12.8. The zero-order chi connectivity index (χ0) is 28.7. The topological polar surface area (TPSA) is 144 Å². The van der Waals surface area contributed by atoms with Crippen molar-refractivity contribution in [3.8, 4) is 5.88 Å². The highest BCUT2D eigenvalue weighted by Crippen LogP contribution is 2.37. The van der Waals surface area contributed by atoms with E-state index in [1.54, 1.807) is 13.8 Å². The van der Waals surface area contributed by atoms with Crippen molar-refractivity contribution in [3.05, 3.63) is 24.3 Å². The van der Waals surface area contributed by atoms with E-state index >= 15 is 0 Å². The summed E-state index contributed by atoms with van der Waals surface area (Å²) in [4.78, 5) is 45.9. The summed E-state index contributed by atoms with van der Waals surface area (Å²) in [6.45, 7) is 6.17. The Morgan fingerprint density at radius 1 is 1.27 bits per heavy atom. The first-order chi connectivity index (χ1) is 18.9. The van der Waals surface area contributed by atoms with Crippen molar-refractivity contribution in [1.82, 2.24) is 25.3 Å². The number of anilines is 3. The Hall–Kier alpha value is -3.79. The van der Waals surface area contributed by atoms with Crippen molar-refractivity contribution in [1.29, 1.82) is 0 Å². The second-order valence-electron chi connectivity index (χ2n) is 10.2. The Morgan fingerprint density at radius 2 is 2.08 bits per heavy atom. The molecule has 0 radical (unpaired) electrons. The van der Waals surface area contributed by atoms with E-state index < -0.39 is 35.8 Å². The summed E-state index contributed by atoms with van der Waals surface area (Å²) < 4.78 is 55.8. The van der Waals surface area contributed by atoms with Crippen LogP contribution in [-0.2, 0) is 9.47 Å². The third kappa shape index (κ3) is 6.01. The van der Waals surface area contributed by atoms with Crippen LogP contribution in [0.5, 0.6) is 5.88 Å². The molecule has 13 nitrogen and oxygen atoms in total. The summed E-state index contributed by atoms with van der Waals surface area (Å²) >= 11 is 0. The molecule has 5 rings (SSSR count).